The predicted octanol–water partition coefficient (Wildman–Crippen LogP) is 8.96. The van der Waals surface area contributed by atoms with E-state index in [0.29, 0.717) is 30.0 Å². The Bertz CT molecular complexity index is 2070. The maximum Gasteiger partial charge on any atom is 0.257 e. The fourth-order valence-electron chi connectivity index (χ4n) is 8.18. The minimum Gasteiger partial charge on any atom is -0.356 e. The third kappa shape index (κ3) is 6.78. The van der Waals surface area contributed by atoms with Crippen LogP contribution in [0.15, 0.2) is 56.3 Å². The second-order valence-corrected chi connectivity index (χ2v) is 14.5. The van der Waals surface area contributed by atoms with Gasteiger partial charge in [-0.2, -0.15) is 0 Å². The molecule has 7 rings (SSSR count). The molecule has 8 nitrogen and oxygen atoms in total. The van der Waals surface area contributed by atoms with Crippen LogP contribution in [0.4, 0.5) is 8.78 Å². The third-order valence-electron chi connectivity index (χ3n) is 11.4. The van der Waals surface area contributed by atoms with Crippen molar-refractivity contribution >= 4 is 27.5 Å². The number of likely N-dealkylation sites (tertiary alicyclic amines) is 1. The Morgan fingerprint density at radius 3 is 2.36 bits per heavy atom. The summed E-state index contributed by atoms with van der Waals surface area (Å²) in [6.45, 7) is 12.0. The first-order valence-corrected chi connectivity index (χ1v) is 18.3. The van der Waals surface area contributed by atoms with Crippen molar-refractivity contribution in [2.75, 3.05) is 19.6 Å². The van der Waals surface area contributed by atoms with E-state index in [4.69, 9.17) is 14.0 Å². The largest absolute Gasteiger partial charge is 0.356 e. The molecule has 50 heavy (non-hydrogen) atoms. The van der Waals surface area contributed by atoms with Gasteiger partial charge in [-0.1, -0.05) is 43.6 Å². The quantitative estimate of drug-likeness (QED) is 0.130. The number of piperidine rings is 1. The zero-order valence-electron chi connectivity index (χ0n) is 29.6. The first-order chi connectivity index (χ1) is 24.2. The van der Waals surface area contributed by atoms with Gasteiger partial charge >= 0.3 is 0 Å². The van der Waals surface area contributed by atoms with Gasteiger partial charge in [-0.3, -0.25) is 9.36 Å². The van der Waals surface area contributed by atoms with Crippen LogP contribution in [-0.2, 0) is 13.0 Å². The molecule has 3 atom stereocenters. The lowest BCUT2D eigenvalue weighted by Crippen LogP contribution is -2.37. The zero-order chi connectivity index (χ0) is 34.9. The van der Waals surface area contributed by atoms with Crippen LogP contribution in [-0.4, -0.2) is 44.4 Å². The molecule has 2 aliphatic heterocycles. The van der Waals surface area contributed by atoms with Gasteiger partial charge in [-0.15, -0.1) is 0 Å². The molecule has 0 spiro atoms. The maximum atomic E-state index is 13.9. The second-order valence-electron chi connectivity index (χ2n) is 14.5. The number of aromatic nitrogens is 4. The van der Waals surface area contributed by atoms with Gasteiger partial charge in [0.1, 0.15) is 17.5 Å². The van der Waals surface area contributed by atoms with Crippen LogP contribution in [0.5, 0.6) is 0 Å². The van der Waals surface area contributed by atoms with E-state index >= 15 is 0 Å². The third-order valence-corrected chi connectivity index (χ3v) is 11.4. The highest BCUT2D eigenvalue weighted by atomic mass is 19.1. The number of hydrogen-bond donors (Lipinski definition) is 0. The summed E-state index contributed by atoms with van der Waals surface area (Å²) < 4.78 is 40.2. The number of rotatable bonds is 12. The van der Waals surface area contributed by atoms with Crippen molar-refractivity contribution in [3.63, 3.8) is 0 Å². The Morgan fingerprint density at radius 2 is 1.62 bits per heavy atom. The number of aryl methyl sites for hydroxylation is 1. The molecule has 0 amide bonds. The molecular formula is C40H47F2N5O3. The van der Waals surface area contributed by atoms with Gasteiger partial charge in [0.25, 0.3) is 5.56 Å². The van der Waals surface area contributed by atoms with Crippen LogP contribution in [0.3, 0.4) is 0 Å². The van der Waals surface area contributed by atoms with E-state index in [9.17, 15) is 13.6 Å². The Hall–Kier alpha value is -4.18. The SMILES string of the molecule is CCCC(CCC(C)C(C)C1=CCCn2c1nc(C)c(CCN1CCC(c3noc4cc(F)ccc34)CC1)c2=O)c1noc2cc(F)ccc12. The molecule has 5 heterocycles. The summed E-state index contributed by atoms with van der Waals surface area (Å²) in [7, 11) is 0. The van der Waals surface area contributed by atoms with E-state index in [-0.39, 0.29) is 34.9 Å². The molecule has 264 valence electrons. The average molecular weight is 684 g/mol. The fourth-order valence-corrected chi connectivity index (χ4v) is 8.18. The van der Waals surface area contributed by atoms with Gasteiger partial charge in [0, 0.05) is 59.1 Å². The van der Waals surface area contributed by atoms with Crippen molar-refractivity contribution in [1.82, 2.24) is 24.8 Å². The van der Waals surface area contributed by atoms with Gasteiger partial charge in [-0.25, -0.2) is 13.8 Å². The fraction of sp³-hybridized carbons (Fsp3) is 0.500. The molecule has 1 fully saturated rings. The number of benzene rings is 2. The first kappa shape index (κ1) is 34.3. The lowest BCUT2D eigenvalue weighted by molar-refractivity contribution is 0.211. The highest BCUT2D eigenvalue weighted by Gasteiger charge is 2.29. The number of fused-ring (bicyclic) bond motifs is 3. The molecule has 0 aliphatic carbocycles. The summed E-state index contributed by atoms with van der Waals surface area (Å²) in [5, 5.41) is 10.5. The highest BCUT2D eigenvalue weighted by Crippen LogP contribution is 2.38. The summed E-state index contributed by atoms with van der Waals surface area (Å²) in [6.07, 6.45) is 9.61. The van der Waals surface area contributed by atoms with Crippen LogP contribution in [0.1, 0.15) is 106 Å². The van der Waals surface area contributed by atoms with Crippen molar-refractivity contribution in [1.29, 1.82) is 0 Å². The average Bonchev–Trinajstić information content (AvgIpc) is 3.73. The molecule has 0 radical (unpaired) electrons. The van der Waals surface area contributed by atoms with Gasteiger partial charge in [0.15, 0.2) is 11.2 Å². The summed E-state index contributed by atoms with van der Waals surface area (Å²) >= 11 is 0. The molecule has 3 unspecified atom stereocenters. The van der Waals surface area contributed by atoms with Gasteiger partial charge < -0.3 is 13.9 Å². The first-order valence-electron chi connectivity index (χ1n) is 18.3. The molecule has 2 aliphatic rings. The molecular weight excluding hydrogens is 636 g/mol. The van der Waals surface area contributed by atoms with Crippen molar-refractivity contribution in [2.45, 2.75) is 97.4 Å². The van der Waals surface area contributed by atoms with Crippen LogP contribution >= 0.6 is 0 Å². The van der Waals surface area contributed by atoms with E-state index in [2.05, 4.69) is 42.1 Å². The normalized spacial score (nSPS) is 17.6. The molecule has 3 aromatic heterocycles. The molecule has 0 saturated carbocycles. The summed E-state index contributed by atoms with van der Waals surface area (Å²) in [5.74, 6) is 1.28. The number of nitrogens with zero attached hydrogens (tertiary/aromatic N) is 5. The predicted molar refractivity (Wildman–Crippen MR) is 191 cm³/mol. The van der Waals surface area contributed by atoms with Crippen molar-refractivity contribution in [2.24, 2.45) is 11.8 Å². The summed E-state index contributed by atoms with van der Waals surface area (Å²) in [5.41, 5.74) is 5.72. The Kier molecular flexibility index (Phi) is 10.00. The Morgan fingerprint density at radius 1 is 0.920 bits per heavy atom. The molecule has 10 heteroatoms. The topological polar surface area (TPSA) is 90.2 Å². The van der Waals surface area contributed by atoms with E-state index in [0.717, 1.165) is 109 Å². The number of allylic oxidation sites excluding steroid dienone is 2. The lowest BCUT2D eigenvalue weighted by atomic mass is 9.81. The van der Waals surface area contributed by atoms with Crippen LogP contribution in [0.2, 0.25) is 0 Å². The van der Waals surface area contributed by atoms with E-state index in [1.54, 1.807) is 12.1 Å². The van der Waals surface area contributed by atoms with Gasteiger partial charge in [0.2, 0.25) is 0 Å². The summed E-state index contributed by atoms with van der Waals surface area (Å²) in [4.78, 5) is 21.4. The lowest BCUT2D eigenvalue weighted by Gasteiger charge is -2.31. The van der Waals surface area contributed by atoms with Crippen molar-refractivity contribution in [3.05, 3.63) is 92.9 Å². The van der Waals surface area contributed by atoms with E-state index < -0.39 is 0 Å². The summed E-state index contributed by atoms with van der Waals surface area (Å²) in [6, 6.07) is 9.29. The Labute approximate surface area is 291 Å². The van der Waals surface area contributed by atoms with Crippen LogP contribution < -0.4 is 5.56 Å². The van der Waals surface area contributed by atoms with E-state index in [1.165, 1.54) is 24.3 Å². The van der Waals surface area contributed by atoms with Crippen molar-refractivity contribution in [3.8, 4) is 0 Å². The maximum absolute atomic E-state index is 13.9. The number of hydrogen-bond acceptors (Lipinski definition) is 7. The molecule has 5 aromatic rings. The van der Waals surface area contributed by atoms with E-state index in [1.807, 2.05) is 11.5 Å². The molecule has 2 aromatic carbocycles. The Balaban J connectivity index is 0.984. The standard InChI is InChI=1S/C40H47F2N5O3/c1-5-7-27(37-33-13-11-29(41)22-35(33)49-44-37)10-9-24(2)25(3)31-8-6-18-47-39(31)43-26(4)32(40(47)48)17-21-46-19-15-28(16-20-46)38-34-14-12-30(42)23-36(34)50-45-38/h8,11-14,22-25,27-28H,5-7,9-10,15-21H2,1-4H3. The zero-order valence-corrected chi connectivity index (χ0v) is 29.6. The minimum atomic E-state index is -0.319. The monoisotopic (exact) mass is 683 g/mol. The molecule has 1 saturated heterocycles. The van der Waals surface area contributed by atoms with Crippen molar-refractivity contribution < 1.29 is 17.8 Å². The van der Waals surface area contributed by atoms with Crippen LogP contribution in [0, 0.1) is 30.4 Å². The molecule has 0 N–H and O–H groups in total. The van der Waals surface area contributed by atoms with Crippen LogP contribution in [0.25, 0.3) is 27.5 Å². The van der Waals surface area contributed by atoms with Gasteiger partial charge in [0.05, 0.1) is 11.4 Å². The smallest absolute Gasteiger partial charge is 0.257 e. The minimum absolute atomic E-state index is 0.0893. The molecule has 0 bridgehead atoms. The van der Waals surface area contributed by atoms with Gasteiger partial charge in [-0.05, 0) is 107 Å². The highest BCUT2D eigenvalue weighted by molar-refractivity contribution is 5.80. The number of halogens is 2. The second kappa shape index (κ2) is 14.6.